The van der Waals surface area contributed by atoms with E-state index in [-0.39, 0.29) is 6.61 Å². The molecule has 0 aliphatic carbocycles. The third kappa shape index (κ3) is 3.70. The van der Waals surface area contributed by atoms with Crippen LogP contribution in [-0.2, 0) is 11.3 Å². The molecular formula is C22H23NO3. The first kappa shape index (κ1) is 18.0. The Hall–Kier alpha value is -2.85. The smallest absolute Gasteiger partial charge is 0.355 e. The van der Waals surface area contributed by atoms with Crippen molar-refractivity contribution in [3.05, 3.63) is 82.7 Å². The molecule has 4 heteroatoms. The molecule has 26 heavy (non-hydrogen) atoms. The van der Waals surface area contributed by atoms with Gasteiger partial charge in [0, 0.05) is 11.3 Å². The molecule has 1 heterocycles. The number of ether oxygens (including phenoxy) is 1. The summed E-state index contributed by atoms with van der Waals surface area (Å²) < 4.78 is 5.44. The van der Waals surface area contributed by atoms with Gasteiger partial charge in [0.1, 0.15) is 12.3 Å². The van der Waals surface area contributed by atoms with Crippen LogP contribution in [-0.4, -0.2) is 16.1 Å². The lowest BCUT2D eigenvalue weighted by Gasteiger charge is -2.07. The minimum atomic E-state index is -0.627. The summed E-state index contributed by atoms with van der Waals surface area (Å²) in [4.78, 5) is 15.4. The molecule has 1 aromatic heterocycles. The van der Waals surface area contributed by atoms with E-state index < -0.39 is 12.1 Å². The molecule has 0 unspecified atom stereocenters. The second-order valence-corrected chi connectivity index (χ2v) is 6.48. The molecule has 0 aliphatic heterocycles. The molecule has 0 spiro atoms. The van der Waals surface area contributed by atoms with E-state index in [2.05, 4.69) is 17.1 Å². The average Bonchev–Trinajstić information content (AvgIpc) is 2.95. The van der Waals surface area contributed by atoms with Gasteiger partial charge in [-0.05, 0) is 43.0 Å². The normalized spacial score (nSPS) is 12.0. The van der Waals surface area contributed by atoms with Crippen molar-refractivity contribution in [1.29, 1.82) is 0 Å². The zero-order chi connectivity index (χ0) is 18.7. The number of benzene rings is 2. The SMILES string of the molecule is Cc1[nH]c(C(=O)OCc2ccc(-c3ccccc3)cc2)c(C)c1[C@H](C)O. The van der Waals surface area contributed by atoms with Crippen LogP contribution in [0.1, 0.15) is 45.9 Å². The number of hydrogen-bond donors (Lipinski definition) is 2. The molecule has 3 rings (SSSR count). The molecule has 2 N–H and O–H groups in total. The number of H-pyrrole nitrogens is 1. The fraction of sp³-hybridized carbons (Fsp3) is 0.227. The average molecular weight is 349 g/mol. The van der Waals surface area contributed by atoms with Gasteiger partial charge < -0.3 is 14.8 Å². The molecular weight excluding hydrogens is 326 g/mol. The van der Waals surface area contributed by atoms with E-state index in [1.807, 2.05) is 56.3 Å². The van der Waals surface area contributed by atoms with E-state index in [4.69, 9.17) is 4.74 Å². The van der Waals surface area contributed by atoms with E-state index in [0.717, 1.165) is 33.5 Å². The van der Waals surface area contributed by atoms with E-state index >= 15 is 0 Å². The summed E-state index contributed by atoms with van der Waals surface area (Å²) in [6.07, 6.45) is -0.627. The van der Waals surface area contributed by atoms with Crippen LogP contribution in [0.4, 0.5) is 0 Å². The Labute approximate surface area is 153 Å². The van der Waals surface area contributed by atoms with Gasteiger partial charge in [-0.1, -0.05) is 54.6 Å². The molecule has 0 aliphatic rings. The van der Waals surface area contributed by atoms with Crippen LogP contribution in [0.3, 0.4) is 0 Å². The maximum absolute atomic E-state index is 12.4. The lowest BCUT2D eigenvalue weighted by molar-refractivity contribution is 0.0465. The molecule has 0 fully saturated rings. The molecule has 1 atom stereocenters. The number of aromatic amines is 1. The van der Waals surface area contributed by atoms with Gasteiger partial charge in [-0.2, -0.15) is 0 Å². The van der Waals surface area contributed by atoms with Crippen molar-refractivity contribution in [1.82, 2.24) is 4.98 Å². The molecule has 0 saturated carbocycles. The Morgan fingerprint density at radius 2 is 1.65 bits per heavy atom. The Bertz CT molecular complexity index is 893. The number of aromatic nitrogens is 1. The van der Waals surface area contributed by atoms with Crippen LogP contribution in [0.2, 0.25) is 0 Å². The van der Waals surface area contributed by atoms with Crippen LogP contribution >= 0.6 is 0 Å². The molecule has 0 bridgehead atoms. The second-order valence-electron chi connectivity index (χ2n) is 6.48. The van der Waals surface area contributed by atoms with Crippen LogP contribution < -0.4 is 0 Å². The Balaban J connectivity index is 1.68. The summed E-state index contributed by atoms with van der Waals surface area (Å²) in [5, 5.41) is 9.84. The van der Waals surface area contributed by atoms with E-state index in [9.17, 15) is 9.90 Å². The number of rotatable bonds is 5. The first-order valence-electron chi connectivity index (χ1n) is 8.66. The van der Waals surface area contributed by atoms with E-state index in [1.165, 1.54) is 0 Å². The molecule has 0 amide bonds. The van der Waals surface area contributed by atoms with Gasteiger partial charge in [-0.15, -0.1) is 0 Å². The highest BCUT2D eigenvalue weighted by Gasteiger charge is 2.20. The number of carbonyl (C=O) groups excluding carboxylic acids is 1. The number of hydrogen-bond acceptors (Lipinski definition) is 3. The predicted octanol–water partition coefficient (Wildman–Crippen LogP) is 4.71. The molecule has 0 radical (unpaired) electrons. The monoisotopic (exact) mass is 349 g/mol. The van der Waals surface area contributed by atoms with Crippen LogP contribution in [0.5, 0.6) is 0 Å². The first-order valence-corrected chi connectivity index (χ1v) is 8.66. The van der Waals surface area contributed by atoms with Crippen molar-refractivity contribution in [3.8, 4) is 11.1 Å². The minimum absolute atomic E-state index is 0.204. The van der Waals surface area contributed by atoms with Crippen molar-refractivity contribution >= 4 is 5.97 Å². The molecule has 134 valence electrons. The highest BCUT2D eigenvalue weighted by molar-refractivity contribution is 5.89. The standard InChI is InChI=1S/C22H23NO3/c1-14-20(16(3)24)15(2)23-21(14)22(25)26-13-17-9-11-19(12-10-17)18-7-5-4-6-8-18/h4-12,16,23-24H,13H2,1-3H3/t16-/m0/s1. The van der Waals surface area contributed by atoms with Gasteiger partial charge in [0.2, 0.25) is 0 Å². The lowest BCUT2D eigenvalue weighted by atomic mass is 10.0. The fourth-order valence-corrected chi connectivity index (χ4v) is 3.24. The third-order valence-corrected chi connectivity index (χ3v) is 4.55. The van der Waals surface area contributed by atoms with E-state index in [1.54, 1.807) is 6.92 Å². The van der Waals surface area contributed by atoms with Gasteiger partial charge in [0.15, 0.2) is 0 Å². The van der Waals surface area contributed by atoms with Crippen molar-refractivity contribution in [2.75, 3.05) is 0 Å². The number of aliphatic hydroxyl groups is 1. The summed E-state index contributed by atoms with van der Waals surface area (Å²) >= 11 is 0. The van der Waals surface area contributed by atoms with Crippen molar-refractivity contribution in [3.63, 3.8) is 0 Å². The molecule has 0 saturated heterocycles. The maximum atomic E-state index is 12.4. The first-order chi connectivity index (χ1) is 12.5. The van der Waals surface area contributed by atoms with Gasteiger partial charge in [-0.3, -0.25) is 0 Å². The van der Waals surface area contributed by atoms with Gasteiger partial charge in [0.05, 0.1) is 6.10 Å². The highest BCUT2D eigenvalue weighted by atomic mass is 16.5. The zero-order valence-electron chi connectivity index (χ0n) is 15.2. The Kier molecular flexibility index (Phi) is 5.24. The number of carbonyl (C=O) groups is 1. The Morgan fingerprint density at radius 1 is 1.04 bits per heavy atom. The van der Waals surface area contributed by atoms with Crippen LogP contribution in [0, 0.1) is 13.8 Å². The lowest BCUT2D eigenvalue weighted by Crippen LogP contribution is -2.07. The molecule has 2 aromatic carbocycles. The van der Waals surface area contributed by atoms with Crippen molar-refractivity contribution < 1.29 is 14.6 Å². The van der Waals surface area contributed by atoms with Gasteiger partial charge in [0.25, 0.3) is 0 Å². The maximum Gasteiger partial charge on any atom is 0.355 e. The summed E-state index contributed by atoms with van der Waals surface area (Å²) in [6, 6.07) is 18.1. The Morgan fingerprint density at radius 3 is 2.23 bits per heavy atom. The zero-order valence-corrected chi connectivity index (χ0v) is 15.2. The largest absolute Gasteiger partial charge is 0.456 e. The minimum Gasteiger partial charge on any atom is -0.456 e. The van der Waals surface area contributed by atoms with E-state index in [0.29, 0.717) is 5.69 Å². The number of esters is 1. The molecule has 3 aromatic rings. The predicted molar refractivity (Wildman–Crippen MR) is 102 cm³/mol. The second kappa shape index (κ2) is 7.58. The van der Waals surface area contributed by atoms with Crippen LogP contribution in [0.25, 0.3) is 11.1 Å². The summed E-state index contributed by atoms with van der Waals surface area (Å²) in [5.41, 5.74) is 5.88. The summed E-state index contributed by atoms with van der Waals surface area (Å²) in [5.74, 6) is -0.412. The topological polar surface area (TPSA) is 62.3 Å². The van der Waals surface area contributed by atoms with Gasteiger partial charge >= 0.3 is 5.97 Å². The number of nitrogens with one attached hydrogen (secondary N) is 1. The van der Waals surface area contributed by atoms with Crippen molar-refractivity contribution in [2.45, 2.75) is 33.5 Å². The third-order valence-electron chi connectivity index (χ3n) is 4.55. The summed E-state index contributed by atoms with van der Waals surface area (Å²) in [6.45, 7) is 5.55. The van der Waals surface area contributed by atoms with Crippen molar-refractivity contribution in [2.24, 2.45) is 0 Å². The fourth-order valence-electron chi connectivity index (χ4n) is 3.24. The molecule has 4 nitrogen and oxygen atoms in total. The number of aliphatic hydroxyl groups excluding tert-OH is 1. The van der Waals surface area contributed by atoms with Gasteiger partial charge in [-0.25, -0.2) is 4.79 Å². The highest BCUT2D eigenvalue weighted by Crippen LogP contribution is 2.25. The quantitative estimate of drug-likeness (QED) is 0.656. The summed E-state index contributed by atoms with van der Waals surface area (Å²) in [7, 11) is 0. The number of aryl methyl sites for hydroxylation is 1. The van der Waals surface area contributed by atoms with Crippen LogP contribution in [0.15, 0.2) is 54.6 Å².